The highest BCUT2D eigenvalue weighted by Gasteiger charge is 2.37. The molecule has 154 valence electrons. The zero-order chi connectivity index (χ0) is 20.5. The second-order valence-electron chi connectivity index (χ2n) is 7.92. The Labute approximate surface area is 181 Å². The van der Waals surface area contributed by atoms with Crippen LogP contribution in [0.4, 0.5) is 0 Å². The van der Waals surface area contributed by atoms with Crippen LogP contribution in [-0.4, -0.2) is 45.6 Å². The highest BCUT2D eigenvalue weighted by molar-refractivity contribution is 8.00. The summed E-state index contributed by atoms with van der Waals surface area (Å²) in [5.41, 5.74) is 5.31. The van der Waals surface area contributed by atoms with Crippen molar-refractivity contribution in [2.45, 2.75) is 31.2 Å². The summed E-state index contributed by atoms with van der Waals surface area (Å²) in [5, 5.41) is 4.90. The summed E-state index contributed by atoms with van der Waals surface area (Å²) < 4.78 is 7.75. The molecule has 2 fully saturated rings. The molecule has 2 atom stereocenters. The van der Waals surface area contributed by atoms with Crippen LogP contribution in [0.5, 0.6) is 0 Å². The number of carbonyl (C=O) groups is 1. The van der Waals surface area contributed by atoms with Gasteiger partial charge in [-0.25, -0.2) is 4.68 Å². The second-order valence-corrected chi connectivity index (χ2v) is 8.99. The number of aryl methyl sites for hydroxylation is 1. The maximum absolute atomic E-state index is 12.7. The van der Waals surface area contributed by atoms with Crippen molar-refractivity contribution >= 4 is 17.7 Å². The van der Waals surface area contributed by atoms with Crippen LogP contribution in [0, 0.1) is 6.92 Å². The molecule has 0 radical (unpaired) electrons. The Kier molecular flexibility index (Phi) is 5.35. The van der Waals surface area contributed by atoms with E-state index in [9.17, 15) is 4.79 Å². The smallest absolute Gasteiger partial charge is 0.233 e. The van der Waals surface area contributed by atoms with Gasteiger partial charge in [-0.3, -0.25) is 4.79 Å². The van der Waals surface area contributed by atoms with Crippen LogP contribution in [-0.2, 0) is 9.53 Å². The molecular formula is C24H25N3O2S. The van der Waals surface area contributed by atoms with Crippen molar-refractivity contribution in [1.82, 2.24) is 14.7 Å². The molecular weight excluding hydrogens is 394 g/mol. The van der Waals surface area contributed by atoms with Crippen LogP contribution in [0.25, 0.3) is 16.9 Å². The monoisotopic (exact) mass is 419 g/mol. The molecule has 1 aromatic heterocycles. The Morgan fingerprint density at radius 3 is 2.67 bits per heavy atom. The molecule has 0 aliphatic carbocycles. The summed E-state index contributed by atoms with van der Waals surface area (Å²) in [7, 11) is 0. The van der Waals surface area contributed by atoms with Gasteiger partial charge in [0.25, 0.3) is 0 Å². The molecule has 2 aromatic carbocycles. The van der Waals surface area contributed by atoms with Gasteiger partial charge in [-0.05, 0) is 31.9 Å². The number of aromatic nitrogens is 2. The Morgan fingerprint density at radius 2 is 1.93 bits per heavy atom. The van der Waals surface area contributed by atoms with E-state index in [0.29, 0.717) is 12.3 Å². The average Bonchev–Trinajstić information content (AvgIpc) is 3.51. The molecule has 0 spiro atoms. The number of hydrogen-bond acceptors (Lipinski definition) is 4. The molecule has 0 unspecified atom stereocenters. The van der Waals surface area contributed by atoms with Crippen molar-refractivity contribution in [1.29, 1.82) is 0 Å². The Hall–Kier alpha value is -2.57. The fourth-order valence-electron chi connectivity index (χ4n) is 4.13. The van der Waals surface area contributed by atoms with Gasteiger partial charge in [0, 0.05) is 30.5 Å². The van der Waals surface area contributed by atoms with Gasteiger partial charge in [0.2, 0.25) is 5.91 Å². The Balaban J connectivity index is 1.56. The maximum atomic E-state index is 12.7. The number of para-hydroxylation sites is 1. The number of thioether (sulfide) groups is 1. The van der Waals surface area contributed by atoms with E-state index in [-0.39, 0.29) is 17.4 Å². The first-order valence-corrected chi connectivity index (χ1v) is 11.5. The molecule has 3 aromatic rings. The standard InChI is InChI=1S/C24H25N3O2S/c1-17-9-11-18(12-10-17)23-21(15-27(25-23)19-6-3-2-4-7-19)24-26(22(28)16-30-24)14-20-8-5-13-29-20/h2-4,6-7,9-12,15,20,24H,5,8,13-14,16H2,1H3/t20-,24+/m1/s1. The fraction of sp³-hybridized carbons (Fsp3) is 0.333. The predicted octanol–water partition coefficient (Wildman–Crippen LogP) is 4.60. The number of ether oxygens (including phenoxy) is 1. The van der Waals surface area contributed by atoms with Crippen LogP contribution >= 0.6 is 11.8 Å². The molecule has 0 N–H and O–H groups in total. The molecule has 2 aliphatic rings. The third-order valence-corrected chi connectivity index (χ3v) is 6.98. The first-order valence-electron chi connectivity index (χ1n) is 10.4. The van der Waals surface area contributed by atoms with Gasteiger partial charge in [0.1, 0.15) is 5.37 Å². The van der Waals surface area contributed by atoms with E-state index in [4.69, 9.17) is 9.84 Å². The zero-order valence-electron chi connectivity index (χ0n) is 17.0. The fourth-order valence-corrected chi connectivity index (χ4v) is 5.34. The normalized spacial score (nSPS) is 21.5. The molecule has 5 rings (SSSR count). The summed E-state index contributed by atoms with van der Waals surface area (Å²) >= 11 is 1.68. The topological polar surface area (TPSA) is 47.4 Å². The molecule has 2 aliphatic heterocycles. The second kappa shape index (κ2) is 8.28. The van der Waals surface area contributed by atoms with Crippen LogP contribution < -0.4 is 0 Å². The van der Waals surface area contributed by atoms with Gasteiger partial charge < -0.3 is 9.64 Å². The minimum atomic E-state index is -0.0459. The van der Waals surface area contributed by atoms with Crippen molar-refractivity contribution in [2.75, 3.05) is 18.9 Å². The molecule has 2 saturated heterocycles. The van der Waals surface area contributed by atoms with Crippen molar-refractivity contribution in [3.8, 4) is 16.9 Å². The molecule has 0 bridgehead atoms. The summed E-state index contributed by atoms with van der Waals surface area (Å²) in [6, 6.07) is 18.6. The molecule has 6 heteroatoms. The molecule has 5 nitrogen and oxygen atoms in total. The van der Waals surface area contributed by atoms with Crippen LogP contribution in [0.3, 0.4) is 0 Å². The van der Waals surface area contributed by atoms with Gasteiger partial charge >= 0.3 is 0 Å². The number of hydrogen-bond donors (Lipinski definition) is 0. The molecule has 0 saturated carbocycles. The average molecular weight is 420 g/mol. The zero-order valence-corrected chi connectivity index (χ0v) is 17.8. The van der Waals surface area contributed by atoms with E-state index in [0.717, 1.165) is 42.0 Å². The SMILES string of the molecule is Cc1ccc(-c2nn(-c3ccccc3)cc2[C@@H]2SCC(=O)N2C[C@H]2CCCO2)cc1. The van der Waals surface area contributed by atoms with E-state index < -0.39 is 0 Å². The lowest BCUT2D eigenvalue weighted by Crippen LogP contribution is -2.35. The van der Waals surface area contributed by atoms with E-state index in [2.05, 4.69) is 37.4 Å². The number of carbonyl (C=O) groups excluding carboxylic acids is 1. The van der Waals surface area contributed by atoms with Crippen LogP contribution in [0.15, 0.2) is 60.8 Å². The summed E-state index contributed by atoms with van der Waals surface area (Å²) in [5.74, 6) is 0.684. The van der Waals surface area contributed by atoms with Crippen LogP contribution in [0.1, 0.15) is 29.3 Å². The van der Waals surface area contributed by atoms with E-state index in [1.165, 1.54) is 5.56 Å². The summed E-state index contributed by atoms with van der Waals surface area (Å²) in [4.78, 5) is 14.7. The van der Waals surface area contributed by atoms with E-state index >= 15 is 0 Å². The van der Waals surface area contributed by atoms with Gasteiger partial charge in [0.05, 0.1) is 23.2 Å². The van der Waals surface area contributed by atoms with Gasteiger partial charge in [0.15, 0.2) is 0 Å². The number of amides is 1. The quantitative estimate of drug-likeness (QED) is 0.606. The van der Waals surface area contributed by atoms with Gasteiger partial charge in [-0.1, -0.05) is 48.0 Å². The van der Waals surface area contributed by atoms with Crippen molar-refractivity contribution in [3.05, 3.63) is 71.9 Å². The van der Waals surface area contributed by atoms with Gasteiger partial charge in [-0.2, -0.15) is 5.10 Å². The minimum absolute atomic E-state index is 0.0459. The van der Waals surface area contributed by atoms with Gasteiger partial charge in [-0.15, -0.1) is 11.8 Å². The van der Waals surface area contributed by atoms with Crippen molar-refractivity contribution in [3.63, 3.8) is 0 Å². The van der Waals surface area contributed by atoms with Crippen molar-refractivity contribution in [2.24, 2.45) is 0 Å². The molecule has 3 heterocycles. The lowest BCUT2D eigenvalue weighted by molar-refractivity contribution is -0.129. The van der Waals surface area contributed by atoms with Crippen LogP contribution in [0.2, 0.25) is 0 Å². The van der Waals surface area contributed by atoms with Crippen molar-refractivity contribution < 1.29 is 9.53 Å². The first-order chi connectivity index (χ1) is 14.7. The minimum Gasteiger partial charge on any atom is -0.376 e. The summed E-state index contributed by atoms with van der Waals surface area (Å²) in [6.45, 7) is 3.54. The predicted molar refractivity (Wildman–Crippen MR) is 120 cm³/mol. The highest BCUT2D eigenvalue weighted by atomic mass is 32.2. The Bertz CT molecular complexity index is 1030. The number of benzene rings is 2. The number of nitrogens with zero attached hydrogens (tertiary/aromatic N) is 3. The lowest BCUT2D eigenvalue weighted by atomic mass is 10.1. The lowest BCUT2D eigenvalue weighted by Gasteiger charge is -2.26. The number of rotatable bonds is 5. The van der Waals surface area contributed by atoms with E-state index in [1.807, 2.05) is 39.9 Å². The molecule has 30 heavy (non-hydrogen) atoms. The third kappa shape index (κ3) is 3.77. The third-order valence-electron chi connectivity index (χ3n) is 5.75. The first kappa shape index (κ1) is 19.4. The maximum Gasteiger partial charge on any atom is 0.233 e. The van der Waals surface area contributed by atoms with E-state index in [1.54, 1.807) is 11.8 Å². The Morgan fingerprint density at radius 1 is 1.13 bits per heavy atom. The molecule has 1 amide bonds. The largest absolute Gasteiger partial charge is 0.376 e. The summed E-state index contributed by atoms with van der Waals surface area (Å²) in [6.07, 6.45) is 4.33. The highest BCUT2D eigenvalue weighted by Crippen LogP contribution is 2.43.